The first-order chi connectivity index (χ1) is 8.34. The molecule has 3 atom stereocenters. The van der Waals surface area contributed by atoms with Gasteiger partial charge >= 0.3 is 0 Å². The van der Waals surface area contributed by atoms with Gasteiger partial charge in [0.05, 0.1) is 6.61 Å². The fourth-order valence-corrected chi connectivity index (χ4v) is 3.89. The lowest BCUT2D eigenvalue weighted by Crippen LogP contribution is -2.27. The highest BCUT2D eigenvalue weighted by Gasteiger charge is 2.66. The first-order valence-electron chi connectivity index (χ1n) is 6.67. The van der Waals surface area contributed by atoms with E-state index in [1.54, 1.807) is 0 Å². The van der Waals surface area contributed by atoms with Gasteiger partial charge in [-0.25, -0.2) is 0 Å². The number of nitrogens with one attached hydrogen (secondary N) is 1. The van der Waals surface area contributed by atoms with Crippen molar-refractivity contribution in [3.8, 4) is 0 Å². The maximum absolute atomic E-state index is 5.53. The van der Waals surface area contributed by atoms with E-state index in [9.17, 15) is 0 Å². The number of hydrogen-bond donors (Lipinski definition) is 1. The number of anilines is 1. The van der Waals surface area contributed by atoms with Crippen LogP contribution in [0.5, 0.6) is 0 Å². The highest BCUT2D eigenvalue weighted by Crippen LogP contribution is 2.65. The van der Waals surface area contributed by atoms with Gasteiger partial charge in [0.1, 0.15) is 0 Å². The summed E-state index contributed by atoms with van der Waals surface area (Å²) in [6, 6.07) is 8.75. The van der Waals surface area contributed by atoms with Gasteiger partial charge in [0.15, 0.2) is 0 Å². The number of para-hydroxylation sites is 1. The summed E-state index contributed by atoms with van der Waals surface area (Å²) in [6.07, 6.45) is 2.60. The minimum absolute atomic E-state index is 0.312. The minimum Gasteiger partial charge on any atom is -0.384 e. The van der Waals surface area contributed by atoms with Crippen LogP contribution in [-0.4, -0.2) is 20.3 Å². The molecule has 92 valence electrons. The van der Waals surface area contributed by atoms with Crippen LogP contribution in [0.15, 0.2) is 24.3 Å². The molecule has 1 fully saturated rings. The summed E-state index contributed by atoms with van der Waals surface area (Å²) in [5, 5.41) is 3.57. The molecule has 0 aromatic heterocycles. The van der Waals surface area contributed by atoms with E-state index in [0.717, 1.165) is 25.0 Å². The van der Waals surface area contributed by atoms with Crippen molar-refractivity contribution in [2.75, 3.05) is 25.6 Å². The summed E-state index contributed by atoms with van der Waals surface area (Å²) in [4.78, 5) is 0. The second-order valence-electron chi connectivity index (χ2n) is 5.40. The smallest absolute Gasteiger partial charge is 0.0566 e. The molecule has 1 heterocycles. The number of benzene rings is 1. The van der Waals surface area contributed by atoms with Gasteiger partial charge in [0.2, 0.25) is 0 Å². The average Bonchev–Trinajstić information content (AvgIpc) is 2.99. The zero-order chi connectivity index (χ0) is 11.9. The van der Waals surface area contributed by atoms with E-state index >= 15 is 0 Å². The number of methoxy groups -OCH3 is 1. The SMILES string of the molecule is CCCC1C2CNc3ccccc3C12COC. The van der Waals surface area contributed by atoms with E-state index in [4.69, 9.17) is 4.74 Å². The lowest BCUT2D eigenvalue weighted by Gasteiger charge is -2.26. The summed E-state index contributed by atoms with van der Waals surface area (Å²) < 4.78 is 5.53. The van der Waals surface area contributed by atoms with Crippen LogP contribution < -0.4 is 5.32 Å². The van der Waals surface area contributed by atoms with Gasteiger partial charge in [-0.1, -0.05) is 31.5 Å². The average molecular weight is 231 g/mol. The predicted molar refractivity (Wildman–Crippen MR) is 70.4 cm³/mol. The first-order valence-corrected chi connectivity index (χ1v) is 6.67. The van der Waals surface area contributed by atoms with E-state index in [0.29, 0.717) is 5.41 Å². The Kier molecular flexibility index (Phi) is 2.62. The van der Waals surface area contributed by atoms with E-state index in [2.05, 4.69) is 36.5 Å². The third kappa shape index (κ3) is 1.43. The predicted octanol–water partition coefficient (Wildman–Crippen LogP) is 3.04. The van der Waals surface area contributed by atoms with Crippen LogP contribution in [0, 0.1) is 11.8 Å². The number of hydrogen-bond acceptors (Lipinski definition) is 2. The third-order valence-corrected chi connectivity index (χ3v) is 4.62. The minimum atomic E-state index is 0.312. The number of rotatable bonds is 4. The number of fused-ring (bicyclic) bond motifs is 3. The Labute approximate surface area is 103 Å². The van der Waals surface area contributed by atoms with Crippen LogP contribution in [0.2, 0.25) is 0 Å². The van der Waals surface area contributed by atoms with Crippen molar-refractivity contribution in [2.24, 2.45) is 11.8 Å². The van der Waals surface area contributed by atoms with Crippen molar-refractivity contribution < 1.29 is 4.74 Å². The number of ether oxygens (including phenoxy) is 1. The largest absolute Gasteiger partial charge is 0.384 e. The van der Waals surface area contributed by atoms with Crippen LogP contribution in [0.4, 0.5) is 5.69 Å². The molecule has 0 bridgehead atoms. The second kappa shape index (κ2) is 4.02. The van der Waals surface area contributed by atoms with E-state index < -0.39 is 0 Å². The van der Waals surface area contributed by atoms with Crippen molar-refractivity contribution in [1.82, 2.24) is 0 Å². The molecule has 2 nitrogen and oxygen atoms in total. The molecule has 1 aliphatic heterocycles. The molecule has 17 heavy (non-hydrogen) atoms. The molecule has 2 heteroatoms. The lowest BCUT2D eigenvalue weighted by molar-refractivity contribution is 0.159. The van der Waals surface area contributed by atoms with Gasteiger partial charge < -0.3 is 10.1 Å². The van der Waals surface area contributed by atoms with Crippen LogP contribution in [0.25, 0.3) is 0 Å². The molecular weight excluding hydrogens is 210 g/mol. The van der Waals surface area contributed by atoms with Gasteiger partial charge in [-0.15, -0.1) is 0 Å². The maximum Gasteiger partial charge on any atom is 0.0566 e. The normalized spacial score (nSPS) is 33.5. The molecular formula is C15H21NO. The first kappa shape index (κ1) is 11.1. The van der Waals surface area contributed by atoms with Crippen LogP contribution in [0.3, 0.4) is 0 Å². The molecule has 1 saturated carbocycles. The topological polar surface area (TPSA) is 21.3 Å². The zero-order valence-corrected chi connectivity index (χ0v) is 10.7. The Bertz CT molecular complexity index is 417. The molecule has 1 aliphatic carbocycles. The van der Waals surface area contributed by atoms with E-state index in [1.807, 2.05) is 7.11 Å². The van der Waals surface area contributed by atoms with Crippen molar-refractivity contribution >= 4 is 5.69 Å². The monoisotopic (exact) mass is 231 g/mol. The molecule has 1 N–H and O–H groups in total. The van der Waals surface area contributed by atoms with Crippen LogP contribution in [0.1, 0.15) is 25.3 Å². The Hall–Kier alpha value is -1.02. The van der Waals surface area contributed by atoms with Gasteiger partial charge in [0, 0.05) is 24.8 Å². The Morgan fingerprint density at radius 3 is 3.00 bits per heavy atom. The molecule has 1 aromatic carbocycles. The van der Waals surface area contributed by atoms with Crippen molar-refractivity contribution in [1.29, 1.82) is 0 Å². The van der Waals surface area contributed by atoms with Crippen molar-refractivity contribution in [3.63, 3.8) is 0 Å². The summed E-state index contributed by atoms with van der Waals surface area (Å²) in [6.45, 7) is 4.27. The molecule has 3 unspecified atom stereocenters. The third-order valence-electron chi connectivity index (χ3n) is 4.62. The maximum atomic E-state index is 5.53. The molecule has 2 aliphatic rings. The summed E-state index contributed by atoms with van der Waals surface area (Å²) in [5.74, 6) is 1.58. The van der Waals surface area contributed by atoms with Gasteiger partial charge in [-0.3, -0.25) is 0 Å². The van der Waals surface area contributed by atoms with Crippen LogP contribution >= 0.6 is 0 Å². The quantitative estimate of drug-likeness (QED) is 0.860. The van der Waals surface area contributed by atoms with Crippen molar-refractivity contribution in [3.05, 3.63) is 29.8 Å². The zero-order valence-electron chi connectivity index (χ0n) is 10.7. The Morgan fingerprint density at radius 2 is 2.24 bits per heavy atom. The summed E-state index contributed by atoms with van der Waals surface area (Å²) in [7, 11) is 1.83. The summed E-state index contributed by atoms with van der Waals surface area (Å²) in [5.41, 5.74) is 3.11. The second-order valence-corrected chi connectivity index (χ2v) is 5.40. The Balaban J connectivity index is 1.99. The standard InChI is InChI=1S/C15H21NO/c1-3-6-11-13-9-16-14-8-5-4-7-12(14)15(11,13)10-17-2/h4-5,7-8,11,13,16H,3,6,9-10H2,1-2H3. The lowest BCUT2D eigenvalue weighted by atomic mass is 9.88. The van der Waals surface area contributed by atoms with E-state index in [1.165, 1.54) is 24.1 Å². The van der Waals surface area contributed by atoms with Gasteiger partial charge in [-0.05, 0) is 29.9 Å². The highest BCUT2D eigenvalue weighted by molar-refractivity contribution is 5.61. The summed E-state index contributed by atoms with van der Waals surface area (Å²) >= 11 is 0. The molecule has 0 saturated heterocycles. The fraction of sp³-hybridized carbons (Fsp3) is 0.600. The fourth-order valence-electron chi connectivity index (χ4n) is 3.89. The van der Waals surface area contributed by atoms with Crippen molar-refractivity contribution in [2.45, 2.75) is 25.2 Å². The van der Waals surface area contributed by atoms with Gasteiger partial charge in [-0.2, -0.15) is 0 Å². The van der Waals surface area contributed by atoms with E-state index in [-0.39, 0.29) is 0 Å². The molecule has 0 radical (unpaired) electrons. The van der Waals surface area contributed by atoms with Gasteiger partial charge in [0.25, 0.3) is 0 Å². The van der Waals surface area contributed by atoms with Crippen LogP contribution in [-0.2, 0) is 10.2 Å². The molecule has 0 amide bonds. The molecule has 0 spiro atoms. The Morgan fingerprint density at radius 1 is 1.41 bits per heavy atom. The highest BCUT2D eigenvalue weighted by atomic mass is 16.5. The molecule has 1 aromatic rings. The molecule has 3 rings (SSSR count).